The number of rotatable bonds is 3. The Morgan fingerprint density at radius 1 is 1.53 bits per heavy atom. The quantitative estimate of drug-likeness (QED) is 0.906. The molecule has 1 fully saturated rings. The van der Waals surface area contributed by atoms with Crippen LogP contribution in [0, 0.1) is 6.92 Å². The van der Waals surface area contributed by atoms with E-state index in [0.29, 0.717) is 11.6 Å². The lowest BCUT2D eigenvalue weighted by atomic mass is 10.2. The molecule has 0 spiro atoms. The van der Waals surface area contributed by atoms with Gasteiger partial charge in [0.15, 0.2) is 0 Å². The number of nitrogens with zero attached hydrogens (tertiary/aromatic N) is 1. The molecule has 17 heavy (non-hydrogen) atoms. The molecular formula is C12H11NO3S. The zero-order valence-corrected chi connectivity index (χ0v) is 10.1. The summed E-state index contributed by atoms with van der Waals surface area (Å²) >= 11 is 1.56. The highest BCUT2D eigenvalue weighted by Crippen LogP contribution is 2.42. The third-order valence-electron chi connectivity index (χ3n) is 2.76. The molecule has 0 aliphatic heterocycles. The van der Waals surface area contributed by atoms with E-state index < -0.39 is 5.97 Å². The molecule has 1 aliphatic rings. The van der Waals surface area contributed by atoms with E-state index in [4.69, 9.17) is 9.52 Å². The molecule has 2 aromatic heterocycles. The van der Waals surface area contributed by atoms with E-state index in [1.165, 1.54) is 0 Å². The molecule has 0 radical (unpaired) electrons. The monoisotopic (exact) mass is 249 g/mol. The predicted molar refractivity (Wildman–Crippen MR) is 63.5 cm³/mol. The van der Waals surface area contributed by atoms with E-state index >= 15 is 0 Å². The lowest BCUT2D eigenvalue weighted by Gasteiger charge is -1.89. The van der Waals surface area contributed by atoms with Gasteiger partial charge in [0.1, 0.15) is 0 Å². The minimum Gasteiger partial charge on any atom is -0.475 e. The summed E-state index contributed by atoms with van der Waals surface area (Å²) in [4.78, 5) is 17.5. The van der Waals surface area contributed by atoms with Crippen LogP contribution in [0.3, 0.4) is 0 Å². The van der Waals surface area contributed by atoms with E-state index in [0.717, 1.165) is 22.6 Å². The first-order valence-corrected chi connectivity index (χ1v) is 6.27. The van der Waals surface area contributed by atoms with Crippen molar-refractivity contribution >= 4 is 17.3 Å². The summed E-state index contributed by atoms with van der Waals surface area (Å²) in [6.07, 6.45) is 2.02. The van der Waals surface area contributed by atoms with Crippen molar-refractivity contribution in [1.29, 1.82) is 0 Å². The van der Waals surface area contributed by atoms with Crippen molar-refractivity contribution in [1.82, 2.24) is 4.98 Å². The molecule has 1 saturated carbocycles. The third-order valence-corrected chi connectivity index (χ3v) is 3.75. The molecule has 4 nitrogen and oxygen atoms in total. The second-order valence-electron chi connectivity index (χ2n) is 4.22. The first kappa shape index (κ1) is 10.5. The van der Waals surface area contributed by atoms with Crippen molar-refractivity contribution < 1.29 is 14.3 Å². The molecule has 0 saturated heterocycles. The van der Waals surface area contributed by atoms with Crippen LogP contribution in [-0.2, 0) is 0 Å². The number of carboxylic acid groups (broad SMARTS) is 1. The molecule has 0 aromatic carbocycles. The molecule has 0 amide bonds. The van der Waals surface area contributed by atoms with Gasteiger partial charge in [-0.15, -0.1) is 11.3 Å². The average molecular weight is 249 g/mol. The maximum Gasteiger partial charge on any atom is 0.373 e. The Balaban J connectivity index is 2.06. The largest absolute Gasteiger partial charge is 0.475 e. The number of carbonyl (C=O) groups is 1. The van der Waals surface area contributed by atoms with E-state index in [1.807, 2.05) is 19.1 Å². The van der Waals surface area contributed by atoms with Crippen LogP contribution in [0.4, 0.5) is 0 Å². The van der Waals surface area contributed by atoms with E-state index in [2.05, 4.69) is 4.98 Å². The number of carboxylic acids is 1. The van der Waals surface area contributed by atoms with Gasteiger partial charge >= 0.3 is 5.97 Å². The average Bonchev–Trinajstić information content (AvgIpc) is 2.87. The van der Waals surface area contributed by atoms with Gasteiger partial charge in [0.25, 0.3) is 0 Å². The number of hydrogen-bond acceptors (Lipinski definition) is 4. The van der Waals surface area contributed by atoms with Gasteiger partial charge in [-0.1, -0.05) is 0 Å². The summed E-state index contributed by atoms with van der Waals surface area (Å²) in [7, 11) is 0. The molecule has 3 rings (SSSR count). The summed E-state index contributed by atoms with van der Waals surface area (Å²) in [5.74, 6) is -0.311. The summed E-state index contributed by atoms with van der Waals surface area (Å²) in [5, 5.41) is 9.08. The van der Waals surface area contributed by atoms with E-state index in [1.54, 1.807) is 11.3 Å². The molecular weight excluding hydrogens is 238 g/mol. The Morgan fingerprint density at radius 2 is 2.29 bits per heavy atom. The maximum atomic E-state index is 11.1. The minimum atomic E-state index is -1.03. The van der Waals surface area contributed by atoms with E-state index in [9.17, 15) is 4.79 Å². The van der Waals surface area contributed by atoms with Crippen molar-refractivity contribution in [2.75, 3.05) is 0 Å². The standard InChI is InChI=1S/C12H11NO3S/c1-6-2-5-8(17-6)11-13-9(7-3-4-7)10(16-11)12(14)15/h2,5,7H,3-4H2,1H3,(H,14,15). The summed E-state index contributed by atoms with van der Waals surface area (Å²) in [6, 6.07) is 3.88. The Bertz CT molecular complexity index is 580. The summed E-state index contributed by atoms with van der Waals surface area (Å²) in [5.41, 5.74) is 0.610. The van der Waals surface area contributed by atoms with Gasteiger partial charge < -0.3 is 9.52 Å². The lowest BCUT2D eigenvalue weighted by Crippen LogP contribution is -1.98. The summed E-state index contributed by atoms with van der Waals surface area (Å²) < 4.78 is 5.38. The minimum absolute atomic E-state index is 0.00792. The van der Waals surface area contributed by atoms with Crippen LogP contribution in [0.15, 0.2) is 16.5 Å². The topological polar surface area (TPSA) is 63.3 Å². The molecule has 88 valence electrons. The molecule has 2 heterocycles. The zero-order valence-electron chi connectivity index (χ0n) is 9.27. The molecule has 5 heteroatoms. The van der Waals surface area contributed by atoms with Gasteiger partial charge in [-0.05, 0) is 31.9 Å². The van der Waals surface area contributed by atoms with Crippen molar-refractivity contribution in [3.63, 3.8) is 0 Å². The number of aromatic nitrogens is 1. The van der Waals surface area contributed by atoms with Gasteiger partial charge in [0.05, 0.1) is 10.6 Å². The Morgan fingerprint density at radius 3 is 2.82 bits per heavy atom. The number of aryl methyl sites for hydroxylation is 1. The van der Waals surface area contributed by atoms with Crippen molar-refractivity contribution in [2.24, 2.45) is 0 Å². The fourth-order valence-corrected chi connectivity index (χ4v) is 2.57. The highest BCUT2D eigenvalue weighted by molar-refractivity contribution is 7.15. The Kier molecular flexibility index (Phi) is 2.29. The molecule has 1 aliphatic carbocycles. The van der Waals surface area contributed by atoms with Gasteiger partial charge in [-0.3, -0.25) is 0 Å². The Hall–Kier alpha value is -1.62. The fourth-order valence-electron chi connectivity index (χ4n) is 1.77. The van der Waals surface area contributed by atoms with Crippen LogP contribution >= 0.6 is 11.3 Å². The molecule has 1 N–H and O–H groups in total. The normalized spacial score (nSPS) is 15.1. The van der Waals surface area contributed by atoms with Crippen LogP contribution in [0.2, 0.25) is 0 Å². The van der Waals surface area contributed by atoms with Crippen LogP contribution in [0.5, 0.6) is 0 Å². The summed E-state index contributed by atoms with van der Waals surface area (Å²) in [6.45, 7) is 2.00. The van der Waals surface area contributed by atoms with Crippen molar-refractivity contribution in [3.05, 3.63) is 28.5 Å². The van der Waals surface area contributed by atoms with Crippen LogP contribution < -0.4 is 0 Å². The highest BCUT2D eigenvalue weighted by Gasteiger charge is 2.33. The maximum absolute atomic E-state index is 11.1. The number of hydrogen-bond donors (Lipinski definition) is 1. The van der Waals surface area contributed by atoms with Crippen molar-refractivity contribution in [2.45, 2.75) is 25.7 Å². The fraction of sp³-hybridized carbons (Fsp3) is 0.333. The second-order valence-corrected chi connectivity index (χ2v) is 5.51. The van der Waals surface area contributed by atoms with Gasteiger partial charge in [-0.2, -0.15) is 0 Å². The smallest absolute Gasteiger partial charge is 0.373 e. The van der Waals surface area contributed by atoms with Crippen LogP contribution in [0.25, 0.3) is 10.8 Å². The first-order chi connectivity index (χ1) is 8.15. The van der Waals surface area contributed by atoms with Gasteiger partial charge in [-0.25, -0.2) is 9.78 Å². The molecule has 0 unspecified atom stereocenters. The van der Waals surface area contributed by atoms with Gasteiger partial charge in [0.2, 0.25) is 11.7 Å². The SMILES string of the molecule is Cc1ccc(-c2nc(C3CC3)c(C(=O)O)o2)s1. The number of aromatic carboxylic acids is 1. The third kappa shape index (κ3) is 1.86. The van der Waals surface area contributed by atoms with Crippen LogP contribution in [0.1, 0.15) is 39.9 Å². The highest BCUT2D eigenvalue weighted by atomic mass is 32.1. The number of thiophene rings is 1. The Labute approximate surface area is 102 Å². The second kappa shape index (κ2) is 3.70. The predicted octanol–water partition coefficient (Wildman–Crippen LogP) is 3.29. The van der Waals surface area contributed by atoms with E-state index in [-0.39, 0.29) is 11.7 Å². The van der Waals surface area contributed by atoms with Gasteiger partial charge in [0, 0.05) is 10.8 Å². The first-order valence-electron chi connectivity index (χ1n) is 5.46. The zero-order chi connectivity index (χ0) is 12.0. The molecule has 0 bridgehead atoms. The molecule has 2 aromatic rings. The lowest BCUT2D eigenvalue weighted by molar-refractivity contribution is 0.0661. The molecule has 0 atom stereocenters. The van der Waals surface area contributed by atoms with Crippen LogP contribution in [-0.4, -0.2) is 16.1 Å². The number of oxazole rings is 1. The van der Waals surface area contributed by atoms with Crippen molar-refractivity contribution in [3.8, 4) is 10.8 Å².